The highest BCUT2D eigenvalue weighted by Crippen LogP contribution is 2.07. The summed E-state index contributed by atoms with van der Waals surface area (Å²) in [5.74, 6) is 0.719. The molecular weight excluding hydrogens is 166 g/mol. The zero-order valence-electron chi connectivity index (χ0n) is 8.29. The number of hydrogen-bond acceptors (Lipinski definition) is 3. The first kappa shape index (κ1) is 10.1. The molecule has 0 atom stereocenters. The van der Waals surface area contributed by atoms with E-state index in [1.165, 1.54) is 0 Å². The fraction of sp³-hybridized carbons (Fsp3) is 0.667. The molecule has 0 aliphatic heterocycles. The molecule has 0 saturated heterocycles. The summed E-state index contributed by atoms with van der Waals surface area (Å²) in [5.41, 5.74) is 6.65. The van der Waals surface area contributed by atoms with Gasteiger partial charge in [0.05, 0.1) is 12.3 Å². The van der Waals surface area contributed by atoms with Crippen LogP contribution < -0.4 is 5.73 Å². The van der Waals surface area contributed by atoms with Crippen molar-refractivity contribution in [2.45, 2.75) is 33.4 Å². The van der Waals surface area contributed by atoms with E-state index < -0.39 is 0 Å². The van der Waals surface area contributed by atoms with Gasteiger partial charge in [-0.1, -0.05) is 6.92 Å². The largest absolute Gasteiger partial charge is 0.384 e. The molecule has 1 aromatic heterocycles. The van der Waals surface area contributed by atoms with Crippen LogP contribution in [0.15, 0.2) is 6.07 Å². The molecule has 0 radical (unpaired) electrons. The average Bonchev–Trinajstić information content (AvgIpc) is 2.45. The molecule has 0 aliphatic rings. The van der Waals surface area contributed by atoms with Gasteiger partial charge in [-0.15, -0.1) is 0 Å². The summed E-state index contributed by atoms with van der Waals surface area (Å²) in [5, 5.41) is 4.30. The molecule has 4 nitrogen and oxygen atoms in total. The van der Waals surface area contributed by atoms with Gasteiger partial charge in [-0.3, -0.25) is 0 Å². The number of rotatable bonds is 5. The zero-order valence-corrected chi connectivity index (χ0v) is 8.29. The second kappa shape index (κ2) is 4.87. The normalized spacial score (nSPS) is 10.6. The second-order valence-electron chi connectivity index (χ2n) is 2.92. The van der Waals surface area contributed by atoms with Crippen LogP contribution in [0.1, 0.15) is 26.0 Å². The van der Waals surface area contributed by atoms with Crippen LogP contribution in [-0.2, 0) is 17.9 Å². The summed E-state index contributed by atoms with van der Waals surface area (Å²) >= 11 is 0. The van der Waals surface area contributed by atoms with Gasteiger partial charge >= 0.3 is 0 Å². The van der Waals surface area contributed by atoms with Gasteiger partial charge in [0.25, 0.3) is 0 Å². The van der Waals surface area contributed by atoms with Gasteiger partial charge in [0.1, 0.15) is 5.82 Å². The van der Waals surface area contributed by atoms with E-state index in [0.29, 0.717) is 13.2 Å². The number of aryl methyl sites for hydroxylation is 1. The van der Waals surface area contributed by atoms with E-state index in [1.54, 1.807) is 0 Å². The molecule has 0 aromatic carbocycles. The molecule has 0 amide bonds. The van der Waals surface area contributed by atoms with Gasteiger partial charge in [-0.2, -0.15) is 5.10 Å². The summed E-state index contributed by atoms with van der Waals surface area (Å²) < 4.78 is 7.05. The average molecular weight is 183 g/mol. The number of aromatic nitrogens is 2. The van der Waals surface area contributed by atoms with Gasteiger partial charge in [0.2, 0.25) is 0 Å². The number of hydrogen-bond donors (Lipinski definition) is 1. The third kappa shape index (κ3) is 2.73. The van der Waals surface area contributed by atoms with E-state index in [2.05, 4.69) is 12.0 Å². The molecule has 0 spiro atoms. The minimum atomic E-state index is 0.553. The van der Waals surface area contributed by atoms with Crippen LogP contribution in [0.5, 0.6) is 0 Å². The molecule has 1 heterocycles. The van der Waals surface area contributed by atoms with E-state index in [1.807, 2.05) is 17.7 Å². The summed E-state index contributed by atoms with van der Waals surface area (Å²) in [6, 6.07) is 1.87. The van der Waals surface area contributed by atoms with Crippen LogP contribution >= 0.6 is 0 Å². The molecule has 0 saturated carbocycles. The fourth-order valence-corrected chi connectivity index (χ4v) is 1.15. The number of nitrogens with two attached hydrogens (primary N) is 1. The Balaban J connectivity index is 2.59. The number of ether oxygens (including phenoxy) is 1. The Morgan fingerprint density at radius 1 is 1.54 bits per heavy atom. The number of nitrogen functional groups attached to an aromatic ring is 1. The van der Waals surface area contributed by atoms with Crippen molar-refractivity contribution in [2.75, 3.05) is 12.3 Å². The van der Waals surface area contributed by atoms with Gasteiger partial charge in [-0.05, 0) is 13.3 Å². The summed E-state index contributed by atoms with van der Waals surface area (Å²) in [6.45, 7) is 6.20. The Kier molecular flexibility index (Phi) is 3.76. The molecule has 1 rings (SSSR count). The van der Waals surface area contributed by atoms with Crippen LogP contribution in [0, 0.1) is 0 Å². The number of nitrogens with zero attached hydrogens (tertiary/aromatic N) is 2. The van der Waals surface area contributed by atoms with Crippen LogP contribution in [0.3, 0.4) is 0 Å². The van der Waals surface area contributed by atoms with Gasteiger partial charge in [0.15, 0.2) is 0 Å². The van der Waals surface area contributed by atoms with Crippen molar-refractivity contribution >= 4 is 5.82 Å². The summed E-state index contributed by atoms with van der Waals surface area (Å²) in [7, 11) is 0. The Bertz CT molecular complexity index is 257. The van der Waals surface area contributed by atoms with Crippen LogP contribution in [0.4, 0.5) is 5.82 Å². The van der Waals surface area contributed by atoms with Gasteiger partial charge in [0, 0.05) is 19.2 Å². The quantitative estimate of drug-likeness (QED) is 0.751. The van der Waals surface area contributed by atoms with Crippen molar-refractivity contribution in [1.29, 1.82) is 0 Å². The van der Waals surface area contributed by atoms with E-state index in [0.717, 1.165) is 24.5 Å². The molecule has 1 aromatic rings. The van der Waals surface area contributed by atoms with E-state index in [-0.39, 0.29) is 0 Å². The first-order chi connectivity index (χ1) is 6.27. The van der Waals surface area contributed by atoms with Crippen molar-refractivity contribution in [3.05, 3.63) is 11.8 Å². The van der Waals surface area contributed by atoms with Crippen molar-refractivity contribution in [1.82, 2.24) is 9.78 Å². The molecule has 0 fully saturated rings. The van der Waals surface area contributed by atoms with Gasteiger partial charge in [-0.25, -0.2) is 4.68 Å². The maximum Gasteiger partial charge on any atom is 0.122 e. The third-order valence-electron chi connectivity index (χ3n) is 1.75. The Morgan fingerprint density at radius 2 is 2.31 bits per heavy atom. The topological polar surface area (TPSA) is 53.1 Å². The lowest BCUT2D eigenvalue weighted by atomic mass is 10.4. The fourth-order valence-electron chi connectivity index (χ4n) is 1.15. The summed E-state index contributed by atoms with van der Waals surface area (Å²) in [4.78, 5) is 0. The molecule has 0 unspecified atom stereocenters. The zero-order chi connectivity index (χ0) is 9.68. The monoisotopic (exact) mass is 183 g/mol. The second-order valence-corrected chi connectivity index (χ2v) is 2.92. The maximum absolute atomic E-state index is 5.74. The van der Waals surface area contributed by atoms with Crippen LogP contribution in [0.2, 0.25) is 0 Å². The third-order valence-corrected chi connectivity index (χ3v) is 1.75. The highest BCUT2D eigenvalue weighted by molar-refractivity contribution is 5.30. The molecule has 4 heteroatoms. The first-order valence-electron chi connectivity index (χ1n) is 4.67. The van der Waals surface area contributed by atoms with Crippen LogP contribution in [0.25, 0.3) is 0 Å². The predicted molar refractivity (Wildman–Crippen MR) is 52.3 cm³/mol. The first-order valence-corrected chi connectivity index (χ1v) is 4.67. The standard InChI is InChI=1S/C9H17N3O/c1-3-5-12-9(10)6-8(11-12)7-13-4-2/h6H,3-5,7,10H2,1-2H3. The lowest BCUT2D eigenvalue weighted by Crippen LogP contribution is -2.04. The molecule has 2 N–H and O–H groups in total. The van der Waals surface area contributed by atoms with Crippen LogP contribution in [-0.4, -0.2) is 16.4 Å². The molecule has 0 aliphatic carbocycles. The van der Waals surface area contributed by atoms with Crippen molar-refractivity contribution in [2.24, 2.45) is 0 Å². The highest BCUT2D eigenvalue weighted by atomic mass is 16.5. The smallest absolute Gasteiger partial charge is 0.122 e. The van der Waals surface area contributed by atoms with E-state index in [4.69, 9.17) is 10.5 Å². The SMILES string of the molecule is CCCn1nc(COCC)cc1N. The lowest BCUT2D eigenvalue weighted by Gasteiger charge is -1.99. The van der Waals surface area contributed by atoms with Crippen molar-refractivity contribution < 1.29 is 4.74 Å². The predicted octanol–water partition coefficient (Wildman–Crippen LogP) is 1.41. The highest BCUT2D eigenvalue weighted by Gasteiger charge is 2.03. The molecule has 0 bridgehead atoms. The minimum Gasteiger partial charge on any atom is -0.384 e. The Labute approximate surface area is 78.7 Å². The lowest BCUT2D eigenvalue weighted by molar-refractivity contribution is 0.130. The maximum atomic E-state index is 5.74. The van der Waals surface area contributed by atoms with Crippen molar-refractivity contribution in [3.63, 3.8) is 0 Å². The van der Waals surface area contributed by atoms with Gasteiger partial charge < -0.3 is 10.5 Å². The van der Waals surface area contributed by atoms with E-state index >= 15 is 0 Å². The molecule has 74 valence electrons. The summed E-state index contributed by atoms with van der Waals surface area (Å²) in [6.07, 6.45) is 1.04. The van der Waals surface area contributed by atoms with E-state index in [9.17, 15) is 0 Å². The Morgan fingerprint density at radius 3 is 2.92 bits per heavy atom. The molecular formula is C9H17N3O. The molecule has 13 heavy (non-hydrogen) atoms. The minimum absolute atomic E-state index is 0.553. The van der Waals surface area contributed by atoms with Crippen molar-refractivity contribution in [3.8, 4) is 0 Å². The Hall–Kier alpha value is -1.03. The number of anilines is 1.